The van der Waals surface area contributed by atoms with Crippen LogP contribution in [0.2, 0.25) is 0 Å². The lowest BCUT2D eigenvalue weighted by atomic mass is 9.95. The van der Waals surface area contributed by atoms with Gasteiger partial charge < -0.3 is 15.3 Å². The van der Waals surface area contributed by atoms with Crippen LogP contribution in [0.5, 0.6) is 11.5 Å². The van der Waals surface area contributed by atoms with Crippen molar-refractivity contribution >= 4 is 28.7 Å². The molecular formula is C21H15NO5S. The zero-order chi connectivity index (χ0) is 19.8. The molecule has 140 valence electrons. The van der Waals surface area contributed by atoms with Crippen molar-refractivity contribution in [2.45, 2.75) is 6.04 Å². The number of anilines is 1. The highest BCUT2D eigenvalue weighted by Gasteiger charge is 2.45. The first-order valence-corrected chi connectivity index (χ1v) is 9.29. The molecule has 3 aromatic rings. The Labute approximate surface area is 164 Å². The number of nitrogens with zero attached hydrogens (tertiary/aromatic N) is 1. The van der Waals surface area contributed by atoms with Crippen LogP contribution in [0.15, 0.2) is 77.4 Å². The maximum atomic E-state index is 13.1. The second kappa shape index (κ2) is 6.86. The number of phenolic OH excluding ortho intramolecular Hbond substituents is 2. The molecule has 6 nitrogen and oxygen atoms in total. The third-order valence-electron chi connectivity index (χ3n) is 4.52. The number of rotatable bonds is 4. The fourth-order valence-corrected chi connectivity index (χ4v) is 3.98. The summed E-state index contributed by atoms with van der Waals surface area (Å²) in [5, 5.41) is 32.5. The van der Waals surface area contributed by atoms with Gasteiger partial charge in [-0.25, -0.2) is 0 Å². The molecule has 1 aliphatic heterocycles. The number of aliphatic hydroxyl groups excluding tert-OH is 1. The number of thiophene rings is 1. The Morgan fingerprint density at radius 2 is 1.75 bits per heavy atom. The number of hydrogen-bond donors (Lipinski definition) is 3. The second-order valence-electron chi connectivity index (χ2n) is 6.23. The van der Waals surface area contributed by atoms with Crippen LogP contribution in [0.4, 0.5) is 5.69 Å². The zero-order valence-electron chi connectivity index (χ0n) is 14.4. The summed E-state index contributed by atoms with van der Waals surface area (Å²) >= 11 is 1.20. The molecule has 7 heteroatoms. The van der Waals surface area contributed by atoms with Crippen molar-refractivity contribution in [2.75, 3.05) is 4.90 Å². The standard InChI is InChI=1S/C21H15NO5S/c23-13-6-3-5-12(11-13)18-17(19(25)16-9-4-10-28-16)20(26)21(27)22(18)14-7-1-2-8-15(14)24/h1-11,18,23-24,26H. The topological polar surface area (TPSA) is 98.1 Å². The molecule has 0 fully saturated rings. The van der Waals surface area contributed by atoms with Gasteiger partial charge in [0.25, 0.3) is 5.91 Å². The van der Waals surface area contributed by atoms with Gasteiger partial charge in [0.05, 0.1) is 22.2 Å². The van der Waals surface area contributed by atoms with Gasteiger partial charge in [0.15, 0.2) is 5.76 Å². The second-order valence-corrected chi connectivity index (χ2v) is 7.18. The third kappa shape index (κ3) is 2.82. The van der Waals surface area contributed by atoms with E-state index < -0.39 is 23.5 Å². The Morgan fingerprint density at radius 3 is 2.43 bits per heavy atom. The number of carbonyl (C=O) groups is 2. The van der Waals surface area contributed by atoms with Gasteiger partial charge in [0, 0.05) is 0 Å². The predicted octanol–water partition coefficient (Wildman–Crippen LogP) is 3.94. The van der Waals surface area contributed by atoms with E-state index in [1.54, 1.807) is 41.8 Å². The Kier molecular flexibility index (Phi) is 4.37. The number of aromatic hydroxyl groups is 2. The van der Waals surface area contributed by atoms with Crippen molar-refractivity contribution in [3.05, 3.63) is 87.8 Å². The highest BCUT2D eigenvalue weighted by atomic mass is 32.1. The van der Waals surface area contributed by atoms with Crippen molar-refractivity contribution in [3.63, 3.8) is 0 Å². The minimum atomic E-state index is -0.998. The molecule has 1 unspecified atom stereocenters. The van der Waals surface area contributed by atoms with E-state index in [-0.39, 0.29) is 22.8 Å². The Hall–Kier alpha value is -3.58. The van der Waals surface area contributed by atoms with Crippen molar-refractivity contribution in [1.29, 1.82) is 0 Å². The average molecular weight is 393 g/mol. The molecule has 0 bridgehead atoms. The predicted molar refractivity (Wildman–Crippen MR) is 105 cm³/mol. The van der Waals surface area contributed by atoms with E-state index in [1.165, 1.54) is 40.5 Å². The number of para-hydroxylation sites is 2. The molecule has 28 heavy (non-hydrogen) atoms. The number of phenols is 2. The van der Waals surface area contributed by atoms with Crippen LogP contribution in [-0.2, 0) is 4.79 Å². The number of aliphatic hydroxyl groups is 1. The lowest BCUT2D eigenvalue weighted by Crippen LogP contribution is -2.31. The summed E-state index contributed by atoms with van der Waals surface area (Å²) < 4.78 is 0. The molecule has 2 heterocycles. The van der Waals surface area contributed by atoms with Gasteiger partial charge in [-0.15, -0.1) is 11.3 Å². The monoisotopic (exact) mass is 393 g/mol. The summed E-state index contributed by atoms with van der Waals surface area (Å²) in [7, 11) is 0. The van der Waals surface area contributed by atoms with Gasteiger partial charge in [-0.3, -0.25) is 14.5 Å². The highest BCUT2D eigenvalue weighted by Crippen LogP contribution is 2.45. The van der Waals surface area contributed by atoms with Gasteiger partial charge in [-0.05, 0) is 41.3 Å². The largest absolute Gasteiger partial charge is 0.508 e. The lowest BCUT2D eigenvalue weighted by molar-refractivity contribution is -0.117. The molecule has 1 amide bonds. The van der Waals surface area contributed by atoms with Crippen LogP contribution in [0.25, 0.3) is 0 Å². The summed E-state index contributed by atoms with van der Waals surface area (Å²) in [5.74, 6) is -2.16. The molecule has 0 aliphatic carbocycles. The van der Waals surface area contributed by atoms with Gasteiger partial charge in [-0.1, -0.05) is 30.3 Å². The molecule has 0 saturated carbocycles. The van der Waals surface area contributed by atoms with Crippen LogP contribution in [0, 0.1) is 0 Å². The maximum absolute atomic E-state index is 13.1. The minimum absolute atomic E-state index is 0.0449. The Bertz CT molecular complexity index is 1100. The van der Waals surface area contributed by atoms with Crippen LogP contribution < -0.4 is 4.90 Å². The maximum Gasteiger partial charge on any atom is 0.294 e. The smallest absolute Gasteiger partial charge is 0.294 e. The van der Waals surface area contributed by atoms with Crippen molar-refractivity contribution in [2.24, 2.45) is 0 Å². The number of ketones is 1. The summed E-state index contributed by atoms with van der Waals surface area (Å²) in [6.45, 7) is 0. The van der Waals surface area contributed by atoms with E-state index in [0.29, 0.717) is 10.4 Å². The van der Waals surface area contributed by atoms with Crippen LogP contribution in [0.1, 0.15) is 21.3 Å². The molecule has 1 atom stereocenters. The fourth-order valence-electron chi connectivity index (χ4n) is 3.30. The van der Waals surface area contributed by atoms with E-state index in [2.05, 4.69) is 0 Å². The Morgan fingerprint density at radius 1 is 0.964 bits per heavy atom. The summed E-state index contributed by atoms with van der Waals surface area (Å²) in [4.78, 5) is 27.5. The SMILES string of the molecule is O=C(C1=C(O)C(=O)N(c2ccccc2O)C1c1cccc(O)c1)c1cccs1. The number of amides is 1. The molecule has 1 aromatic heterocycles. The molecular weight excluding hydrogens is 378 g/mol. The molecule has 0 saturated heterocycles. The molecule has 4 rings (SSSR count). The van der Waals surface area contributed by atoms with Gasteiger partial charge in [0.1, 0.15) is 11.5 Å². The molecule has 2 aromatic carbocycles. The van der Waals surface area contributed by atoms with Crippen LogP contribution in [0.3, 0.4) is 0 Å². The van der Waals surface area contributed by atoms with Crippen molar-refractivity contribution < 1.29 is 24.9 Å². The summed E-state index contributed by atoms with van der Waals surface area (Å²) in [6, 6.07) is 14.6. The first kappa shape index (κ1) is 17.8. The van der Waals surface area contributed by atoms with Crippen molar-refractivity contribution in [3.8, 4) is 11.5 Å². The first-order valence-electron chi connectivity index (χ1n) is 8.41. The Balaban J connectivity index is 1.92. The quantitative estimate of drug-likeness (QED) is 0.583. The van der Waals surface area contributed by atoms with E-state index in [9.17, 15) is 24.9 Å². The minimum Gasteiger partial charge on any atom is -0.508 e. The molecule has 3 N–H and O–H groups in total. The van der Waals surface area contributed by atoms with Gasteiger partial charge in [0.2, 0.25) is 5.78 Å². The lowest BCUT2D eigenvalue weighted by Gasteiger charge is -2.27. The van der Waals surface area contributed by atoms with Crippen molar-refractivity contribution in [1.82, 2.24) is 0 Å². The summed E-state index contributed by atoms with van der Waals surface area (Å²) in [6.07, 6.45) is 0. The number of benzene rings is 2. The van der Waals surface area contributed by atoms with Gasteiger partial charge >= 0.3 is 0 Å². The number of Topliss-reactive ketones (excluding diaryl/α,β-unsaturated/α-hetero) is 1. The van der Waals surface area contributed by atoms with E-state index in [1.807, 2.05) is 0 Å². The average Bonchev–Trinajstić information content (AvgIpc) is 3.30. The molecule has 1 aliphatic rings. The highest BCUT2D eigenvalue weighted by molar-refractivity contribution is 7.12. The van der Waals surface area contributed by atoms with E-state index in [0.717, 1.165) is 0 Å². The van der Waals surface area contributed by atoms with E-state index >= 15 is 0 Å². The first-order chi connectivity index (χ1) is 13.5. The number of carbonyl (C=O) groups excluding carboxylic acids is 2. The van der Waals surface area contributed by atoms with Gasteiger partial charge in [-0.2, -0.15) is 0 Å². The van der Waals surface area contributed by atoms with Crippen LogP contribution in [-0.4, -0.2) is 27.0 Å². The molecule has 0 spiro atoms. The fraction of sp³-hybridized carbons (Fsp3) is 0.0476. The summed E-state index contributed by atoms with van der Waals surface area (Å²) in [5.41, 5.74) is 0.489. The van der Waals surface area contributed by atoms with E-state index in [4.69, 9.17) is 0 Å². The zero-order valence-corrected chi connectivity index (χ0v) is 15.3. The van der Waals surface area contributed by atoms with Crippen LogP contribution >= 0.6 is 11.3 Å². The normalized spacial score (nSPS) is 16.6. The third-order valence-corrected chi connectivity index (χ3v) is 5.39. The number of hydrogen-bond acceptors (Lipinski definition) is 6. The molecule has 0 radical (unpaired) electrons.